The molecule has 0 aromatic rings. The molecule has 0 aliphatic carbocycles. The van der Waals surface area contributed by atoms with Gasteiger partial charge in [-0.1, -0.05) is 0 Å². The first-order chi connectivity index (χ1) is 5.84. The average Bonchev–Trinajstić information content (AvgIpc) is 2.63. The van der Waals surface area contributed by atoms with Gasteiger partial charge in [-0.3, -0.25) is 4.84 Å². The van der Waals surface area contributed by atoms with Crippen LogP contribution in [0.3, 0.4) is 0 Å². The minimum Gasteiger partial charge on any atom is -0.464 e. The topological polar surface area (TPSA) is 38.8 Å². The zero-order valence-corrected chi connectivity index (χ0v) is 6.78. The van der Waals surface area contributed by atoms with Crippen molar-refractivity contribution in [1.29, 1.82) is 0 Å². The number of hydroxylamine groups is 2. The molecule has 3 fully saturated rings. The molecule has 2 atom stereocenters. The minimum atomic E-state index is -0.375. The molecule has 66 valence electrons. The molecule has 4 heteroatoms. The summed E-state index contributed by atoms with van der Waals surface area (Å²) in [6.45, 7) is 2.09. The van der Waals surface area contributed by atoms with E-state index in [-0.39, 0.29) is 17.4 Å². The van der Waals surface area contributed by atoms with Crippen molar-refractivity contribution < 1.29 is 14.4 Å². The van der Waals surface area contributed by atoms with Crippen molar-refractivity contribution in [2.45, 2.75) is 18.4 Å². The predicted octanol–water partition coefficient (Wildman–Crippen LogP) is -0.0608. The second-order valence-electron chi connectivity index (χ2n) is 3.72. The average molecular weight is 169 g/mol. The molecule has 3 aliphatic heterocycles. The van der Waals surface area contributed by atoms with Crippen LogP contribution in [0.2, 0.25) is 0 Å². The highest BCUT2D eigenvalue weighted by Crippen LogP contribution is 2.45. The van der Waals surface area contributed by atoms with Gasteiger partial charge < -0.3 is 4.74 Å². The molecule has 3 aliphatic rings. The van der Waals surface area contributed by atoms with Gasteiger partial charge in [-0.2, -0.15) is 5.06 Å². The Hall–Kier alpha value is -0.610. The minimum absolute atomic E-state index is 0.0671. The van der Waals surface area contributed by atoms with Crippen LogP contribution in [0.5, 0.6) is 0 Å². The second kappa shape index (κ2) is 2.00. The number of cyclic esters (lactones) is 1. The maximum Gasteiger partial charge on any atom is 0.329 e. The molecule has 0 radical (unpaired) electrons. The molecule has 3 rings (SSSR count). The maximum atomic E-state index is 11.5. The summed E-state index contributed by atoms with van der Waals surface area (Å²) >= 11 is 0. The second-order valence-corrected chi connectivity index (χ2v) is 3.72. The predicted molar refractivity (Wildman–Crippen MR) is 39.1 cm³/mol. The molecule has 0 bridgehead atoms. The van der Waals surface area contributed by atoms with Gasteiger partial charge in [0.25, 0.3) is 0 Å². The fourth-order valence-electron chi connectivity index (χ4n) is 2.58. The normalized spacial score (nSPS) is 46.0. The Bertz CT molecular complexity index is 234. The van der Waals surface area contributed by atoms with Gasteiger partial charge in [0.2, 0.25) is 0 Å². The first-order valence-electron chi connectivity index (χ1n) is 4.42. The number of rotatable bonds is 0. The number of esters is 1. The van der Waals surface area contributed by atoms with Crippen molar-refractivity contribution in [3.05, 3.63) is 0 Å². The van der Waals surface area contributed by atoms with Gasteiger partial charge in [0, 0.05) is 6.54 Å². The molecule has 0 saturated carbocycles. The molecular formula is C8H11NO3. The summed E-state index contributed by atoms with van der Waals surface area (Å²) in [7, 11) is 0. The third-order valence-corrected chi connectivity index (χ3v) is 3.24. The standard InChI is InChI=1S/C8H11NO3/c10-7-8-2-1-3-9(8)12-5-6(8)4-11-7/h6H,1-5H2/t6-,8+/m0/s1. The summed E-state index contributed by atoms with van der Waals surface area (Å²) < 4.78 is 5.06. The molecule has 3 saturated heterocycles. The van der Waals surface area contributed by atoms with Crippen LogP contribution in [-0.4, -0.2) is 36.3 Å². The maximum absolute atomic E-state index is 11.5. The third kappa shape index (κ3) is 0.559. The lowest BCUT2D eigenvalue weighted by atomic mass is 9.86. The van der Waals surface area contributed by atoms with E-state index in [0.29, 0.717) is 13.2 Å². The van der Waals surface area contributed by atoms with Crippen LogP contribution in [0.25, 0.3) is 0 Å². The largest absolute Gasteiger partial charge is 0.464 e. The molecule has 4 nitrogen and oxygen atoms in total. The Morgan fingerprint density at radius 1 is 1.50 bits per heavy atom. The lowest BCUT2D eigenvalue weighted by molar-refractivity contribution is -0.175. The summed E-state index contributed by atoms with van der Waals surface area (Å²) in [5.74, 6) is 0.218. The first-order valence-corrected chi connectivity index (χ1v) is 4.42. The van der Waals surface area contributed by atoms with E-state index < -0.39 is 0 Å². The Morgan fingerprint density at radius 2 is 2.42 bits per heavy atom. The van der Waals surface area contributed by atoms with E-state index in [1.54, 1.807) is 0 Å². The molecule has 0 aromatic carbocycles. The molecule has 0 aromatic heterocycles. The van der Waals surface area contributed by atoms with Crippen molar-refractivity contribution in [2.24, 2.45) is 5.92 Å². The highest BCUT2D eigenvalue weighted by atomic mass is 16.7. The quantitative estimate of drug-likeness (QED) is 0.476. The zero-order chi connectivity index (χ0) is 8.18. The van der Waals surface area contributed by atoms with Gasteiger partial charge in [-0.05, 0) is 12.8 Å². The lowest BCUT2D eigenvalue weighted by Crippen LogP contribution is -2.46. The van der Waals surface area contributed by atoms with Crippen molar-refractivity contribution in [1.82, 2.24) is 5.06 Å². The van der Waals surface area contributed by atoms with Crippen molar-refractivity contribution in [3.8, 4) is 0 Å². The monoisotopic (exact) mass is 169 g/mol. The van der Waals surface area contributed by atoms with Crippen molar-refractivity contribution >= 4 is 5.97 Å². The number of carbonyl (C=O) groups is 1. The van der Waals surface area contributed by atoms with Crippen LogP contribution in [-0.2, 0) is 14.4 Å². The molecule has 1 spiro atoms. The number of ether oxygens (including phenoxy) is 1. The summed E-state index contributed by atoms with van der Waals surface area (Å²) in [6.07, 6.45) is 1.96. The number of hydrogen-bond donors (Lipinski definition) is 0. The van der Waals surface area contributed by atoms with E-state index in [0.717, 1.165) is 19.4 Å². The summed E-state index contributed by atoms with van der Waals surface area (Å²) in [4.78, 5) is 17.0. The van der Waals surface area contributed by atoms with E-state index in [9.17, 15) is 4.79 Å². The Morgan fingerprint density at radius 3 is 3.33 bits per heavy atom. The van der Waals surface area contributed by atoms with Crippen LogP contribution in [0.4, 0.5) is 0 Å². The smallest absolute Gasteiger partial charge is 0.329 e. The number of hydrogen-bond acceptors (Lipinski definition) is 4. The van der Waals surface area contributed by atoms with Gasteiger partial charge in [0.15, 0.2) is 5.54 Å². The molecule has 0 amide bonds. The Kier molecular flexibility index (Phi) is 1.14. The highest BCUT2D eigenvalue weighted by Gasteiger charge is 2.63. The van der Waals surface area contributed by atoms with E-state index >= 15 is 0 Å². The Balaban J connectivity index is 2.06. The molecular weight excluding hydrogens is 158 g/mol. The van der Waals surface area contributed by atoms with E-state index in [1.165, 1.54) is 0 Å². The van der Waals surface area contributed by atoms with Crippen LogP contribution in [0, 0.1) is 5.92 Å². The third-order valence-electron chi connectivity index (χ3n) is 3.24. The van der Waals surface area contributed by atoms with Crippen molar-refractivity contribution in [3.63, 3.8) is 0 Å². The molecule has 3 heterocycles. The van der Waals surface area contributed by atoms with Gasteiger partial charge in [-0.25, -0.2) is 4.79 Å². The van der Waals surface area contributed by atoms with Crippen molar-refractivity contribution in [2.75, 3.05) is 19.8 Å². The van der Waals surface area contributed by atoms with Gasteiger partial charge >= 0.3 is 5.97 Å². The highest BCUT2D eigenvalue weighted by molar-refractivity contribution is 5.84. The summed E-state index contributed by atoms with van der Waals surface area (Å²) in [5, 5.41) is 1.84. The number of nitrogens with zero attached hydrogens (tertiary/aromatic N) is 1. The first kappa shape index (κ1) is 6.86. The van der Waals surface area contributed by atoms with Crippen LogP contribution >= 0.6 is 0 Å². The lowest BCUT2D eigenvalue weighted by Gasteiger charge is -2.23. The van der Waals surface area contributed by atoms with Crippen LogP contribution in [0.15, 0.2) is 0 Å². The van der Waals surface area contributed by atoms with E-state index in [1.807, 2.05) is 5.06 Å². The SMILES string of the molecule is O=C1OC[C@H]2CON3CCC[C@]123. The zero-order valence-electron chi connectivity index (χ0n) is 6.78. The summed E-state index contributed by atoms with van der Waals surface area (Å²) in [5.41, 5.74) is -0.375. The molecule has 0 unspecified atom stereocenters. The van der Waals surface area contributed by atoms with E-state index in [4.69, 9.17) is 9.57 Å². The van der Waals surface area contributed by atoms with Gasteiger partial charge in [0.05, 0.1) is 19.1 Å². The van der Waals surface area contributed by atoms with Crippen LogP contribution < -0.4 is 0 Å². The fraction of sp³-hybridized carbons (Fsp3) is 0.875. The van der Waals surface area contributed by atoms with Crippen LogP contribution in [0.1, 0.15) is 12.8 Å². The van der Waals surface area contributed by atoms with E-state index in [2.05, 4.69) is 0 Å². The van der Waals surface area contributed by atoms with Gasteiger partial charge in [0.1, 0.15) is 0 Å². The number of carbonyl (C=O) groups excluding carboxylic acids is 1. The fourth-order valence-corrected chi connectivity index (χ4v) is 2.58. The summed E-state index contributed by atoms with van der Waals surface area (Å²) in [6, 6.07) is 0. The molecule has 0 N–H and O–H groups in total. The van der Waals surface area contributed by atoms with Gasteiger partial charge in [-0.15, -0.1) is 0 Å². The Labute approximate surface area is 70.4 Å². The molecule has 12 heavy (non-hydrogen) atoms.